The van der Waals surface area contributed by atoms with Crippen LogP contribution in [0.4, 0.5) is 9.18 Å². The Morgan fingerprint density at radius 1 is 1.24 bits per heavy atom. The third kappa shape index (κ3) is 2.94. The summed E-state index contributed by atoms with van der Waals surface area (Å²) in [5.41, 5.74) is 1.15. The van der Waals surface area contributed by atoms with E-state index in [0.29, 0.717) is 29.9 Å². The molecule has 1 N–H and O–H groups in total. The number of aliphatic carboxylic acids is 1. The zero-order chi connectivity index (χ0) is 18.1. The molecule has 1 aliphatic heterocycles. The summed E-state index contributed by atoms with van der Waals surface area (Å²) < 4.78 is 21.3. The van der Waals surface area contributed by atoms with Crippen LogP contribution in [-0.2, 0) is 11.2 Å². The van der Waals surface area contributed by atoms with Crippen molar-refractivity contribution in [3.63, 3.8) is 0 Å². The number of piperidine rings is 1. The van der Waals surface area contributed by atoms with E-state index in [4.69, 9.17) is 4.74 Å². The molecular weight excluding hydrogens is 327 g/mol. The summed E-state index contributed by atoms with van der Waals surface area (Å²) in [4.78, 5) is 26.0. The standard InChI is InChI=1S/C18H21FN2O4/c1-11-12(10-15(22)23)16-13(6-7-14(25-2)17(16)19)21(11)18(24)20-8-4-3-5-9-20/h6-7H,3-5,8-10H2,1-2H3,(H,22,23). The van der Waals surface area contributed by atoms with Gasteiger partial charge in [-0.05, 0) is 43.9 Å². The van der Waals surface area contributed by atoms with Gasteiger partial charge in [0.15, 0.2) is 11.6 Å². The van der Waals surface area contributed by atoms with Gasteiger partial charge in [-0.25, -0.2) is 9.18 Å². The fourth-order valence-electron chi connectivity index (χ4n) is 3.52. The molecule has 7 heteroatoms. The van der Waals surface area contributed by atoms with Crippen molar-refractivity contribution in [2.75, 3.05) is 20.2 Å². The quantitative estimate of drug-likeness (QED) is 0.925. The first-order valence-corrected chi connectivity index (χ1v) is 8.33. The van der Waals surface area contributed by atoms with Crippen molar-refractivity contribution in [2.45, 2.75) is 32.6 Å². The van der Waals surface area contributed by atoms with Gasteiger partial charge in [0.25, 0.3) is 0 Å². The summed E-state index contributed by atoms with van der Waals surface area (Å²) in [5.74, 6) is -1.68. The SMILES string of the molecule is COc1ccc2c(c1F)c(CC(=O)O)c(C)n2C(=O)N1CCCCC1. The van der Waals surface area contributed by atoms with Gasteiger partial charge in [-0.1, -0.05) is 0 Å². The molecule has 0 unspecified atom stereocenters. The second kappa shape index (κ2) is 6.74. The van der Waals surface area contributed by atoms with Gasteiger partial charge in [-0.2, -0.15) is 0 Å². The number of carboxylic acids is 1. The third-order valence-corrected chi connectivity index (χ3v) is 4.77. The molecule has 1 amide bonds. The van der Waals surface area contributed by atoms with Crippen LogP contribution >= 0.6 is 0 Å². The van der Waals surface area contributed by atoms with E-state index in [2.05, 4.69) is 0 Å². The maximum atomic E-state index is 14.8. The number of carboxylic acid groups (broad SMARTS) is 1. The molecule has 134 valence electrons. The lowest BCUT2D eigenvalue weighted by Gasteiger charge is -2.27. The van der Waals surface area contributed by atoms with Crippen molar-refractivity contribution in [3.05, 3.63) is 29.2 Å². The number of fused-ring (bicyclic) bond motifs is 1. The lowest BCUT2D eigenvalue weighted by molar-refractivity contribution is -0.136. The van der Waals surface area contributed by atoms with Crippen molar-refractivity contribution in [3.8, 4) is 5.75 Å². The van der Waals surface area contributed by atoms with Crippen molar-refractivity contribution < 1.29 is 23.8 Å². The van der Waals surface area contributed by atoms with Gasteiger partial charge < -0.3 is 14.7 Å². The molecule has 25 heavy (non-hydrogen) atoms. The van der Waals surface area contributed by atoms with Crippen molar-refractivity contribution >= 4 is 22.9 Å². The van der Waals surface area contributed by atoms with Crippen LogP contribution < -0.4 is 4.74 Å². The van der Waals surface area contributed by atoms with Gasteiger partial charge in [0.1, 0.15) is 0 Å². The van der Waals surface area contributed by atoms with Crippen LogP contribution in [0, 0.1) is 12.7 Å². The molecule has 0 bridgehead atoms. The lowest BCUT2D eigenvalue weighted by Crippen LogP contribution is -2.38. The predicted molar refractivity (Wildman–Crippen MR) is 90.7 cm³/mol. The Morgan fingerprint density at radius 2 is 1.92 bits per heavy atom. The zero-order valence-electron chi connectivity index (χ0n) is 14.3. The minimum absolute atomic E-state index is 0.0294. The van der Waals surface area contributed by atoms with Gasteiger partial charge in [0, 0.05) is 24.2 Å². The number of carbonyl (C=O) groups excluding carboxylic acids is 1. The highest BCUT2D eigenvalue weighted by Crippen LogP contribution is 2.34. The number of aromatic nitrogens is 1. The minimum Gasteiger partial charge on any atom is -0.494 e. The topological polar surface area (TPSA) is 71.8 Å². The number of carbonyl (C=O) groups is 2. The van der Waals surface area contributed by atoms with Crippen molar-refractivity contribution in [1.29, 1.82) is 0 Å². The van der Waals surface area contributed by atoms with Crippen LogP contribution in [0.15, 0.2) is 12.1 Å². The molecule has 1 saturated heterocycles. The summed E-state index contributed by atoms with van der Waals surface area (Å²) >= 11 is 0. The molecule has 1 aromatic carbocycles. The maximum absolute atomic E-state index is 14.8. The first-order chi connectivity index (χ1) is 12.0. The molecule has 0 radical (unpaired) electrons. The summed E-state index contributed by atoms with van der Waals surface area (Å²) in [6.45, 7) is 2.97. The number of hydrogen-bond acceptors (Lipinski definition) is 3. The fraction of sp³-hybridized carbons (Fsp3) is 0.444. The number of likely N-dealkylation sites (tertiary alicyclic amines) is 1. The van der Waals surface area contributed by atoms with Gasteiger partial charge in [-0.15, -0.1) is 0 Å². The molecule has 0 atom stereocenters. The Hall–Kier alpha value is -2.57. The van der Waals surface area contributed by atoms with Crippen LogP contribution in [0.5, 0.6) is 5.75 Å². The molecule has 3 rings (SSSR count). The number of hydrogen-bond donors (Lipinski definition) is 1. The molecular formula is C18H21FN2O4. The zero-order valence-corrected chi connectivity index (χ0v) is 14.3. The van der Waals surface area contributed by atoms with E-state index in [1.54, 1.807) is 17.9 Å². The number of ether oxygens (including phenoxy) is 1. The average molecular weight is 348 g/mol. The summed E-state index contributed by atoms with van der Waals surface area (Å²) in [6.07, 6.45) is 2.61. The molecule has 1 aromatic heterocycles. The second-order valence-corrected chi connectivity index (χ2v) is 6.28. The van der Waals surface area contributed by atoms with E-state index in [0.717, 1.165) is 19.3 Å². The Morgan fingerprint density at radius 3 is 2.52 bits per heavy atom. The first kappa shape index (κ1) is 17.3. The number of amides is 1. The van der Waals surface area contributed by atoms with Crippen LogP contribution in [-0.4, -0.2) is 46.8 Å². The monoisotopic (exact) mass is 348 g/mol. The van der Waals surface area contributed by atoms with E-state index in [-0.39, 0.29) is 23.6 Å². The minimum atomic E-state index is -1.07. The van der Waals surface area contributed by atoms with E-state index < -0.39 is 11.8 Å². The summed E-state index contributed by atoms with van der Waals surface area (Å²) in [6, 6.07) is 2.84. The number of rotatable bonds is 3. The smallest absolute Gasteiger partial charge is 0.328 e. The Balaban J connectivity index is 2.21. The molecule has 2 heterocycles. The maximum Gasteiger partial charge on any atom is 0.328 e. The van der Waals surface area contributed by atoms with Crippen LogP contribution in [0.25, 0.3) is 10.9 Å². The molecule has 0 aliphatic carbocycles. The average Bonchev–Trinajstić information content (AvgIpc) is 2.87. The van der Waals surface area contributed by atoms with Gasteiger partial charge >= 0.3 is 12.0 Å². The van der Waals surface area contributed by atoms with E-state index in [1.165, 1.54) is 17.7 Å². The van der Waals surface area contributed by atoms with E-state index in [1.807, 2.05) is 0 Å². The van der Waals surface area contributed by atoms with E-state index in [9.17, 15) is 19.1 Å². The van der Waals surface area contributed by atoms with Gasteiger partial charge in [0.05, 0.1) is 19.0 Å². The molecule has 1 aliphatic rings. The number of nitrogens with zero attached hydrogens (tertiary/aromatic N) is 2. The highest BCUT2D eigenvalue weighted by atomic mass is 19.1. The van der Waals surface area contributed by atoms with Crippen molar-refractivity contribution in [1.82, 2.24) is 9.47 Å². The normalized spacial score (nSPS) is 14.8. The Labute approximate surface area is 144 Å². The summed E-state index contributed by atoms with van der Waals surface area (Å²) in [5, 5.41) is 9.35. The van der Waals surface area contributed by atoms with Crippen molar-refractivity contribution in [2.24, 2.45) is 0 Å². The van der Waals surface area contributed by atoms with Crippen LogP contribution in [0.2, 0.25) is 0 Å². The Kier molecular flexibility index (Phi) is 4.65. The molecule has 0 spiro atoms. The molecule has 2 aromatic rings. The van der Waals surface area contributed by atoms with E-state index >= 15 is 0 Å². The second-order valence-electron chi connectivity index (χ2n) is 6.28. The van der Waals surface area contributed by atoms with Crippen LogP contribution in [0.1, 0.15) is 30.5 Å². The highest BCUT2D eigenvalue weighted by Gasteiger charge is 2.27. The third-order valence-electron chi connectivity index (χ3n) is 4.77. The largest absolute Gasteiger partial charge is 0.494 e. The fourth-order valence-corrected chi connectivity index (χ4v) is 3.52. The number of methoxy groups -OCH3 is 1. The highest BCUT2D eigenvalue weighted by molar-refractivity contribution is 5.98. The molecule has 0 saturated carbocycles. The summed E-state index contributed by atoms with van der Waals surface area (Å²) in [7, 11) is 1.35. The number of halogens is 1. The number of benzene rings is 1. The molecule has 1 fully saturated rings. The lowest BCUT2D eigenvalue weighted by atomic mass is 10.1. The molecule has 6 nitrogen and oxygen atoms in total. The predicted octanol–water partition coefficient (Wildman–Crippen LogP) is 3.18. The van der Waals surface area contributed by atoms with Crippen LogP contribution in [0.3, 0.4) is 0 Å². The Bertz CT molecular complexity index is 837. The van der Waals surface area contributed by atoms with Gasteiger partial charge in [-0.3, -0.25) is 9.36 Å². The first-order valence-electron chi connectivity index (χ1n) is 8.33. The van der Waals surface area contributed by atoms with Gasteiger partial charge in [0.2, 0.25) is 0 Å².